The number of unbranched alkanes of at least 4 members (excludes halogenated alkanes) is 3. The van der Waals surface area contributed by atoms with Crippen LogP contribution < -0.4 is 5.69 Å². The van der Waals surface area contributed by atoms with Gasteiger partial charge in [0.05, 0.1) is 18.4 Å². The third kappa shape index (κ3) is 7.09. The van der Waals surface area contributed by atoms with Crippen LogP contribution in [0.5, 0.6) is 5.88 Å². The number of carbonyl (C=O) groups excluding carboxylic acids is 1. The highest BCUT2D eigenvalue weighted by Crippen LogP contribution is 2.24. The summed E-state index contributed by atoms with van der Waals surface area (Å²) in [6.07, 6.45) is 3.92. The highest BCUT2D eigenvalue weighted by atomic mass is 16.5. The standard InChI is InChI=1S/C27H34N2O5/c1-2-34-25(31)13-9-4-3-8-12-23-26(32)28-27(33)29(23)19-18-24(30)22-16-14-21(15-17-22)20-10-6-5-7-11-20/h5-7,10-11,14-17,24,30,32H,2-4,8-9,12-13,18-19H2,1H3,(H,28,33). The Hall–Kier alpha value is -3.32. The van der Waals surface area contributed by atoms with E-state index < -0.39 is 6.10 Å². The number of aromatic nitrogens is 2. The van der Waals surface area contributed by atoms with E-state index in [0.717, 1.165) is 42.4 Å². The minimum atomic E-state index is -0.718. The van der Waals surface area contributed by atoms with Crippen LogP contribution >= 0.6 is 0 Å². The molecule has 0 aliphatic carbocycles. The van der Waals surface area contributed by atoms with Gasteiger partial charge in [-0.3, -0.25) is 14.3 Å². The lowest BCUT2D eigenvalue weighted by Gasteiger charge is -2.13. The van der Waals surface area contributed by atoms with Gasteiger partial charge in [0.15, 0.2) is 0 Å². The molecule has 2 aromatic carbocycles. The molecule has 1 heterocycles. The number of ether oxygens (including phenoxy) is 1. The molecule has 0 radical (unpaired) electrons. The molecule has 0 saturated carbocycles. The number of benzene rings is 2. The molecule has 7 heteroatoms. The molecular formula is C27H34N2O5. The van der Waals surface area contributed by atoms with Crippen LogP contribution in [-0.4, -0.2) is 32.3 Å². The van der Waals surface area contributed by atoms with Crippen molar-refractivity contribution in [3.05, 3.63) is 76.3 Å². The van der Waals surface area contributed by atoms with E-state index in [4.69, 9.17) is 4.74 Å². The van der Waals surface area contributed by atoms with E-state index in [1.54, 1.807) is 6.92 Å². The topological polar surface area (TPSA) is 105 Å². The lowest BCUT2D eigenvalue weighted by molar-refractivity contribution is -0.143. The van der Waals surface area contributed by atoms with E-state index in [1.165, 1.54) is 4.57 Å². The van der Waals surface area contributed by atoms with E-state index in [1.807, 2.05) is 54.6 Å². The minimum Gasteiger partial charge on any atom is -0.493 e. The van der Waals surface area contributed by atoms with Gasteiger partial charge in [-0.25, -0.2) is 4.79 Å². The number of nitrogens with zero attached hydrogens (tertiary/aromatic N) is 1. The van der Waals surface area contributed by atoms with Gasteiger partial charge in [0.2, 0.25) is 5.88 Å². The molecule has 1 aromatic heterocycles. The van der Waals surface area contributed by atoms with Crippen LogP contribution in [0.1, 0.15) is 62.8 Å². The molecule has 34 heavy (non-hydrogen) atoms. The van der Waals surface area contributed by atoms with Gasteiger partial charge in [0, 0.05) is 13.0 Å². The first-order valence-corrected chi connectivity index (χ1v) is 12.0. The molecule has 7 nitrogen and oxygen atoms in total. The molecule has 0 aliphatic heterocycles. The van der Waals surface area contributed by atoms with Gasteiger partial charge in [0.1, 0.15) is 0 Å². The lowest BCUT2D eigenvalue weighted by Crippen LogP contribution is -2.20. The molecule has 3 rings (SSSR count). The summed E-state index contributed by atoms with van der Waals surface area (Å²) >= 11 is 0. The summed E-state index contributed by atoms with van der Waals surface area (Å²) in [5.41, 5.74) is 3.16. The van der Waals surface area contributed by atoms with Crippen LogP contribution in [-0.2, 0) is 22.5 Å². The van der Waals surface area contributed by atoms with Crippen molar-refractivity contribution < 1.29 is 19.7 Å². The fraction of sp³-hybridized carbons (Fsp3) is 0.407. The van der Waals surface area contributed by atoms with E-state index in [9.17, 15) is 19.8 Å². The smallest absolute Gasteiger partial charge is 0.328 e. The largest absolute Gasteiger partial charge is 0.493 e. The number of aromatic hydroxyl groups is 1. The summed E-state index contributed by atoms with van der Waals surface area (Å²) in [4.78, 5) is 26.1. The van der Waals surface area contributed by atoms with Crippen molar-refractivity contribution >= 4 is 5.97 Å². The third-order valence-corrected chi connectivity index (χ3v) is 5.95. The van der Waals surface area contributed by atoms with E-state index in [0.29, 0.717) is 38.1 Å². The Morgan fingerprint density at radius 1 is 1.00 bits per heavy atom. The van der Waals surface area contributed by atoms with E-state index >= 15 is 0 Å². The van der Waals surface area contributed by atoms with Crippen LogP contribution in [0, 0.1) is 0 Å². The number of aliphatic hydroxyl groups is 1. The maximum Gasteiger partial charge on any atom is 0.328 e. The Balaban J connectivity index is 1.50. The quantitative estimate of drug-likeness (QED) is 0.250. The molecule has 0 amide bonds. The monoisotopic (exact) mass is 466 g/mol. The SMILES string of the molecule is CCOC(=O)CCCCCCc1c(O)[nH]c(=O)n1CCC(O)c1ccc(-c2ccccc2)cc1. The highest BCUT2D eigenvalue weighted by molar-refractivity contribution is 5.69. The van der Waals surface area contributed by atoms with Gasteiger partial charge in [-0.2, -0.15) is 0 Å². The minimum absolute atomic E-state index is 0.113. The summed E-state index contributed by atoms with van der Waals surface area (Å²) < 4.78 is 6.43. The molecule has 0 spiro atoms. The van der Waals surface area contributed by atoms with Gasteiger partial charge in [-0.1, -0.05) is 67.4 Å². The number of aromatic amines is 1. The van der Waals surface area contributed by atoms with Crippen LogP contribution in [0.2, 0.25) is 0 Å². The number of hydrogen-bond acceptors (Lipinski definition) is 5. The number of esters is 1. The van der Waals surface area contributed by atoms with Crippen molar-refractivity contribution in [1.29, 1.82) is 0 Å². The van der Waals surface area contributed by atoms with E-state index in [-0.39, 0.29) is 17.5 Å². The van der Waals surface area contributed by atoms with Crippen LogP contribution in [0.4, 0.5) is 0 Å². The van der Waals surface area contributed by atoms with Crippen molar-refractivity contribution in [3.63, 3.8) is 0 Å². The summed E-state index contributed by atoms with van der Waals surface area (Å²) in [6, 6.07) is 17.8. The Labute approximate surface area is 200 Å². The highest BCUT2D eigenvalue weighted by Gasteiger charge is 2.15. The van der Waals surface area contributed by atoms with Crippen LogP contribution in [0.25, 0.3) is 11.1 Å². The normalized spacial score (nSPS) is 11.9. The summed E-state index contributed by atoms with van der Waals surface area (Å²) in [6.45, 7) is 2.49. The number of aliphatic hydroxyl groups excluding tert-OH is 1. The number of nitrogens with one attached hydrogen (secondary N) is 1. The van der Waals surface area contributed by atoms with Gasteiger partial charge in [-0.05, 0) is 49.3 Å². The lowest BCUT2D eigenvalue weighted by atomic mass is 10.0. The fourth-order valence-electron chi connectivity index (χ4n) is 4.08. The molecule has 1 atom stereocenters. The first-order chi connectivity index (χ1) is 16.5. The Morgan fingerprint density at radius 3 is 2.38 bits per heavy atom. The molecule has 182 valence electrons. The molecule has 0 fully saturated rings. The Kier molecular flexibility index (Phi) is 9.52. The number of rotatable bonds is 13. The van der Waals surface area contributed by atoms with Gasteiger partial charge in [0.25, 0.3) is 0 Å². The Bertz CT molecular complexity index is 1090. The summed E-state index contributed by atoms with van der Waals surface area (Å²) in [5.74, 6) is -0.286. The van der Waals surface area contributed by atoms with Crippen molar-refractivity contribution in [3.8, 4) is 17.0 Å². The van der Waals surface area contributed by atoms with Crippen LogP contribution in [0.15, 0.2) is 59.4 Å². The number of imidazole rings is 1. The molecule has 1 unspecified atom stereocenters. The van der Waals surface area contributed by atoms with Crippen molar-refractivity contribution in [2.24, 2.45) is 0 Å². The van der Waals surface area contributed by atoms with Crippen molar-refractivity contribution in [1.82, 2.24) is 9.55 Å². The van der Waals surface area contributed by atoms with Gasteiger partial charge in [-0.15, -0.1) is 0 Å². The average Bonchev–Trinajstić information content (AvgIpc) is 3.12. The number of H-pyrrole nitrogens is 1. The first kappa shape index (κ1) is 25.3. The molecular weight excluding hydrogens is 432 g/mol. The van der Waals surface area contributed by atoms with Crippen molar-refractivity contribution in [2.45, 2.75) is 64.5 Å². The average molecular weight is 467 g/mol. The van der Waals surface area contributed by atoms with Crippen molar-refractivity contribution in [2.75, 3.05) is 6.61 Å². The second-order valence-corrected chi connectivity index (χ2v) is 8.39. The van der Waals surface area contributed by atoms with Gasteiger partial charge < -0.3 is 14.9 Å². The predicted octanol–water partition coefficient (Wildman–Crippen LogP) is 4.73. The number of carbonyl (C=O) groups is 1. The summed E-state index contributed by atoms with van der Waals surface area (Å²) in [7, 11) is 0. The van der Waals surface area contributed by atoms with Gasteiger partial charge >= 0.3 is 11.7 Å². The van der Waals surface area contributed by atoms with E-state index in [2.05, 4.69) is 4.98 Å². The molecule has 3 N–H and O–H groups in total. The first-order valence-electron chi connectivity index (χ1n) is 12.0. The fourth-order valence-corrected chi connectivity index (χ4v) is 4.08. The molecule has 0 saturated heterocycles. The van der Waals surface area contributed by atoms with Crippen LogP contribution in [0.3, 0.4) is 0 Å². The zero-order valence-corrected chi connectivity index (χ0v) is 19.7. The maximum atomic E-state index is 12.3. The second kappa shape index (κ2) is 12.8. The number of hydrogen-bond donors (Lipinski definition) is 3. The summed E-state index contributed by atoms with van der Waals surface area (Å²) in [5, 5.41) is 20.8. The molecule has 0 bridgehead atoms. The zero-order chi connectivity index (χ0) is 24.3. The predicted molar refractivity (Wildman–Crippen MR) is 132 cm³/mol. The Morgan fingerprint density at radius 2 is 1.68 bits per heavy atom. The molecule has 3 aromatic rings. The second-order valence-electron chi connectivity index (χ2n) is 8.39. The zero-order valence-electron chi connectivity index (χ0n) is 19.7. The molecule has 0 aliphatic rings. The third-order valence-electron chi connectivity index (χ3n) is 5.95. The maximum absolute atomic E-state index is 12.3.